The smallest absolute Gasteiger partial charge is 0.287 e. The monoisotopic (exact) mass is 496 g/mol. The van der Waals surface area contributed by atoms with Crippen molar-refractivity contribution < 1.29 is 31.1 Å². The Morgan fingerprint density at radius 2 is 1.16 bits per heavy atom. The molecule has 1 N–H and O–H groups in total. The normalized spacial score (nSPS) is 10.5. The fourth-order valence-corrected chi connectivity index (χ4v) is 3.74. The van der Waals surface area contributed by atoms with Gasteiger partial charge in [0.2, 0.25) is 5.78 Å². The van der Waals surface area contributed by atoms with E-state index in [1.807, 2.05) is 30.6 Å². The van der Waals surface area contributed by atoms with Crippen molar-refractivity contribution in [2.75, 3.05) is 6.54 Å². The van der Waals surface area contributed by atoms with Crippen LogP contribution in [0.1, 0.15) is 110 Å². The zero-order chi connectivity index (χ0) is 21.7. The average Bonchev–Trinajstić information content (AvgIpc) is 2.77. The van der Waals surface area contributed by atoms with Gasteiger partial charge in [-0.25, -0.2) is 4.57 Å². The molecule has 1 heterocycles. The van der Waals surface area contributed by atoms with Crippen molar-refractivity contribution in [3.8, 4) is 0 Å². The molecule has 1 aromatic heterocycles. The number of hydrogen-bond acceptors (Lipinski definition) is 2. The first-order chi connectivity index (χ1) is 14.7. The molecule has 31 heavy (non-hydrogen) atoms. The van der Waals surface area contributed by atoms with E-state index in [0.29, 0.717) is 13.0 Å². The van der Waals surface area contributed by atoms with Crippen molar-refractivity contribution in [3.05, 3.63) is 30.6 Å². The van der Waals surface area contributed by atoms with E-state index < -0.39 is 5.91 Å². The summed E-state index contributed by atoms with van der Waals surface area (Å²) in [5, 5.41) is 2.75. The van der Waals surface area contributed by atoms with E-state index in [9.17, 15) is 9.59 Å². The van der Waals surface area contributed by atoms with Crippen LogP contribution < -0.4 is 26.9 Å². The van der Waals surface area contributed by atoms with Crippen LogP contribution in [0.25, 0.3) is 0 Å². The summed E-state index contributed by atoms with van der Waals surface area (Å²) in [6.45, 7) is 3.66. The molecule has 1 amide bonds. The van der Waals surface area contributed by atoms with Crippen molar-refractivity contribution >= 4 is 11.7 Å². The van der Waals surface area contributed by atoms with Gasteiger partial charge in [0, 0.05) is 31.5 Å². The van der Waals surface area contributed by atoms with Gasteiger partial charge in [-0.1, -0.05) is 96.5 Å². The number of aryl methyl sites for hydroxylation is 1. The van der Waals surface area contributed by atoms with Crippen molar-refractivity contribution in [1.82, 2.24) is 5.32 Å². The second kappa shape index (κ2) is 22.0. The molecule has 0 aromatic carbocycles. The van der Waals surface area contributed by atoms with E-state index in [2.05, 4.69) is 16.8 Å². The minimum atomic E-state index is -0.414. The standard InChI is InChI=1S/C26H44N2O2.BrH/c1-2-3-4-5-6-7-8-9-10-11-12-13-14-16-20-25(29)26(30)27-21-19-24-28-22-17-15-18-23-28;/h15,17-18,22-23H,2-14,16,19-21,24H2,1H3;1H. The number of carbonyl (C=O) groups is 2. The number of Topliss-reactive ketones (excluding diaryl/α,β-unsaturated/α-hetero) is 1. The molecule has 1 aromatic rings. The van der Waals surface area contributed by atoms with Gasteiger partial charge in [0.05, 0.1) is 0 Å². The summed E-state index contributed by atoms with van der Waals surface area (Å²) in [7, 11) is 0. The third-order valence-electron chi connectivity index (χ3n) is 5.67. The summed E-state index contributed by atoms with van der Waals surface area (Å²) in [4.78, 5) is 23.8. The molecule has 178 valence electrons. The molecular formula is C26H45BrN2O2. The molecule has 0 aliphatic rings. The zero-order valence-electron chi connectivity index (χ0n) is 19.8. The summed E-state index contributed by atoms with van der Waals surface area (Å²) >= 11 is 0. The van der Waals surface area contributed by atoms with E-state index in [-0.39, 0.29) is 22.8 Å². The Labute approximate surface area is 201 Å². The first-order valence-electron chi connectivity index (χ1n) is 12.5. The number of aromatic nitrogens is 1. The van der Waals surface area contributed by atoms with Crippen molar-refractivity contribution in [2.45, 2.75) is 116 Å². The highest BCUT2D eigenvalue weighted by Gasteiger charge is 2.12. The lowest BCUT2D eigenvalue weighted by atomic mass is 10.0. The number of halogens is 1. The minimum Gasteiger partial charge on any atom is -1.00 e. The lowest BCUT2D eigenvalue weighted by Crippen LogP contribution is -3.00. The van der Waals surface area contributed by atoms with Gasteiger partial charge in [-0.05, 0) is 6.42 Å². The molecule has 0 saturated carbocycles. The van der Waals surface area contributed by atoms with Crippen molar-refractivity contribution in [1.29, 1.82) is 0 Å². The first-order valence-corrected chi connectivity index (χ1v) is 12.5. The molecule has 0 saturated heterocycles. The number of hydrogen-bond donors (Lipinski definition) is 1. The molecule has 0 spiro atoms. The number of unbranched alkanes of at least 4 members (excludes halogenated alkanes) is 13. The maximum atomic E-state index is 11.9. The highest BCUT2D eigenvalue weighted by Crippen LogP contribution is 2.13. The molecule has 0 fully saturated rings. The molecule has 0 atom stereocenters. The van der Waals surface area contributed by atoms with Gasteiger partial charge in [-0.15, -0.1) is 0 Å². The van der Waals surface area contributed by atoms with Gasteiger partial charge in [-0.3, -0.25) is 9.59 Å². The van der Waals surface area contributed by atoms with Gasteiger partial charge in [0.1, 0.15) is 6.54 Å². The number of pyridine rings is 1. The van der Waals surface area contributed by atoms with E-state index in [1.54, 1.807) is 0 Å². The van der Waals surface area contributed by atoms with Crippen molar-refractivity contribution in [2.24, 2.45) is 0 Å². The Morgan fingerprint density at radius 1 is 0.677 bits per heavy atom. The van der Waals surface area contributed by atoms with Crippen LogP contribution in [0.5, 0.6) is 0 Å². The fraction of sp³-hybridized carbons (Fsp3) is 0.731. The number of amides is 1. The van der Waals surface area contributed by atoms with Crippen molar-refractivity contribution in [3.63, 3.8) is 0 Å². The fourth-order valence-electron chi connectivity index (χ4n) is 3.74. The van der Waals surface area contributed by atoms with Crippen LogP contribution in [-0.4, -0.2) is 18.2 Å². The van der Waals surface area contributed by atoms with Crippen LogP contribution in [0.2, 0.25) is 0 Å². The summed E-state index contributed by atoms with van der Waals surface area (Å²) in [6.07, 6.45) is 23.3. The number of carbonyl (C=O) groups excluding carboxylic acids is 2. The highest BCUT2D eigenvalue weighted by molar-refractivity contribution is 6.36. The third kappa shape index (κ3) is 18.1. The van der Waals surface area contributed by atoms with Gasteiger partial charge >= 0.3 is 0 Å². The molecule has 0 aliphatic heterocycles. The average molecular weight is 498 g/mol. The van der Waals surface area contributed by atoms with E-state index in [1.165, 1.54) is 77.0 Å². The van der Waals surface area contributed by atoms with E-state index in [0.717, 1.165) is 25.8 Å². The largest absolute Gasteiger partial charge is 1.00 e. The van der Waals surface area contributed by atoms with Crippen LogP contribution >= 0.6 is 0 Å². The Balaban J connectivity index is 0.00000900. The molecule has 0 bridgehead atoms. The van der Waals surface area contributed by atoms with Crippen LogP contribution in [0.3, 0.4) is 0 Å². The number of ketones is 1. The lowest BCUT2D eigenvalue weighted by molar-refractivity contribution is -0.697. The lowest BCUT2D eigenvalue weighted by Gasteiger charge is -2.04. The molecule has 0 aliphatic carbocycles. The number of rotatable bonds is 20. The molecule has 0 radical (unpaired) electrons. The molecular weight excluding hydrogens is 452 g/mol. The maximum Gasteiger partial charge on any atom is 0.287 e. The summed E-state index contributed by atoms with van der Waals surface area (Å²) in [6, 6.07) is 5.95. The SMILES string of the molecule is CCCCCCCCCCCCCCCCC(=O)C(=O)NCCC[n+]1ccccc1.[Br-]. The van der Waals surface area contributed by atoms with Crippen LogP contribution in [0.4, 0.5) is 0 Å². The topological polar surface area (TPSA) is 50.1 Å². The Morgan fingerprint density at radius 3 is 1.68 bits per heavy atom. The van der Waals surface area contributed by atoms with Gasteiger partial charge in [0.25, 0.3) is 5.91 Å². The predicted octanol–water partition coefficient (Wildman–Crippen LogP) is 2.92. The molecule has 0 unspecified atom stereocenters. The first kappa shape index (κ1) is 29.8. The van der Waals surface area contributed by atoms with Gasteiger partial charge < -0.3 is 22.3 Å². The molecule has 4 nitrogen and oxygen atoms in total. The summed E-state index contributed by atoms with van der Waals surface area (Å²) in [5.74, 6) is -0.677. The zero-order valence-corrected chi connectivity index (χ0v) is 21.3. The summed E-state index contributed by atoms with van der Waals surface area (Å²) < 4.78 is 2.07. The minimum absolute atomic E-state index is 0. The quantitative estimate of drug-likeness (QED) is 0.171. The Kier molecular flexibility index (Phi) is 21.1. The maximum absolute atomic E-state index is 11.9. The van der Waals surface area contributed by atoms with Crippen LogP contribution in [0, 0.1) is 0 Å². The predicted molar refractivity (Wildman–Crippen MR) is 124 cm³/mol. The second-order valence-corrected chi connectivity index (χ2v) is 8.49. The highest BCUT2D eigenvalue weighted by atomic mass is 79.9. The van der Waals surface area contributed by atoms with E-state index in [4.69, 9.17) is 0 Å². The molecule has 1 rings (SSSR count). The molecule has 5 heteroatoms. The van der Waals surface area contributed by atoms with Crippen LogP contribution in [-0.2, 0) is 16.1 Å². The Bertz CT molecular complexity index is 552. The Hall–Kier alpha value is -1.23. The van der Waals surface area contributed by atoms with Crippen LogP contribution in [0.15, 0.2) is 30.6 Å². The third-order valence-corrected chi connectivity index (χ3v) is 5.67. The second-order valence-electron chi connectivity index (χ2n) is 8.49. The number of nitrogens with one attached hydrogen (secondary N) is 1. The van der Waals surface area contributed by atoms with E-state index >= 15 is 0 Å². The number of nitrogens with zero attached hydrogens (tertiary/aromatic N) is 1. The summed E-state index contributed by atoms with van der Waals surface area (Å²) in [5.41, 5.74) is 0. The van der Waals surface area contributed by atoms with Gasteiger partial charge in [0.15, 0.2) is 12.4 Å². The van der Waals surface area contributed by atoms with Gasteiger partial charge in [-0.2, -0.15) is 0 Å².